The van der Waals surface area contributed by atoms with Crippen molar-refractivity contribution in [1.82, 2.24) is 9.78 Å². The number of hydrogen-bond acceptors (Lipinski definition) is 6. The molecule has 1 aliphatic heterocycles. The maximum absolute atomic E-state index is 12.7. The van der Waals surface area contributed by atoms with E-state index in [1.165, 1.54) is 23.9 Å². The van der Waals surface area contributed by atoms with Crippen LogP contribution in [0.25, 0.3) is 16.9 Å². The summed E-state index contributed by atoms with van der Waals surface area (Å²) in [6.45, 7) is 0. The number of primary sulfonamides is 1. The highest BCUT2D eigenvalue weighted by atomic mass is 32.2. The topological polar surface area (TPSA) is 121 Å². The van der Waals surface area contributed by atoms with Gasteiger partial charge in [0.15, 0.2) is 5.69 Å². The minimum Gasteiger partial charge on any atom is -0.464 e. The number of sulfonamides is 1. The number of carbonyl (C=O) groups excluding carboxylic acids is 1. The Morgan fingerprint density at radius 1 is 1.18 bits per heavy atom. The number of nitrogens with two attached hydrogens (primary N) is 1. The second-order valence-corrected chi connectivity index (χ2v) is 9.09. The van der Waals surface area contributed by atoms with Crippen LogP contribution in [0.5, 0.6) is 0 Å². The van der Waals surface area contributed by atoms with Crippen molar-refractivity contribution in [2.45, 2.75) is 15.5 Å². The highest BCUT2D eigenvalue weighted by molar-refractivity contribution is 7.89. The molecule has 0 saturated carbocycles. The Labute approximate surface area is 163 Å². The first kappa shape index (κ1) is 18.5. The molecule has 1 aromatic heterocycles. The average Bonchev–Trinajstić information content (AvgIpc) is 3.06. The fourth-order valence-corrected chi connectivity index (χ4v) is 5.00. The van der Waals surface area contributed by atoms with Crippen molar-refractivity contribution in [1.29, 1.82) is 0 Å². The third kappa shape index (κ3) is 2.95. The molecule has 0 spiro atoms. The summed E-state index contributed by atoms with van der Waals surface area (Å²) in [5, 5.41) is 9.54. The van der Waals surface area contributed by atoms with Gasteiger partial charge in [-0.05, 0) is 30.3 Å². The summed E-state index contributed by atoms with van der Waals surface area (Å²) in [7, 11) is -3.90. The molecular weight excluding hydrogens is 402 g/mol. The molecule has 2 aromatic carbocycles. The number of esters is 1. The second kappa shape index (κ2) is 6.66. The zero-order valence-corrected chi connectivity index (χ0v) is 16.3. The lowest BCUT2D eigenvalue weighted by Gasteiger charge is -2.18. The lowest BCUT2D eigenvalue weighted by Crippen LogP contribution is -2.12. The Balaban J connectivity index is 1.98. The number of carbonyl (C=O) groups is 1. The van der Waals surface area contributed by atoms with Gasteiger partial charge in [0.05, 0.1) is 39.9 Å². The largest absolute Gasteiger partial charge is 0.464 e. The van der Waals surface area contributed by atoms with Crippen LogP contribution in [-0.4, -0.2) is 35.5 Å². The van der Waals surface area contributed by atoms with E-state index in [0.29, 0.717) is 27.4 Å². The third-order valence-corrected chi connectivity index (χ3v) is 6.76. The monoisotopic (exact) mass is 417 g/mol. The minimum absolute atomic E-state index is 0.0352. The molecule has 1 aliphatic rings. The van der Waals surface area contributed by atoms with Crippen LogP contribution < -0.4 is 5.14 Å². The number of nitrogens with zero attached hydrogens (tertiary/aromatic N) is 2. The first-order chi connectivity index (χ1) is 13.3. The van der Waals surface area contributed by atoms with E-state index in [9.17, 15) is 17.4 Å². The van der Waals surface area contributed by atoms with E-state index in [2.05, 4.69) is 5.10 Å². The van der Waals surface area contributed by atoms with E-state index in [-0.39, 0.29) is 16.3 Å². The van der Waals surface area contributed by atoms with E-state index >= 15 is 0 Å². The summed E-state index contributed by atoms with van der Waals surface area (Å²) in [6.07, 6.45) is 0. The highest BCUT2D eigenvalue weighted by Gasteiger charge is 2.32. The van der Waals surface area contributed by atoms with Crippen molar-refractivity contribution in [3.63, 3.8) is 0 Å². The summed E-state index contributed by atoms with van der Waals surface area (Å²) in [6, 6.07) is 13.0. The van der Waals surface area contributed by atoms with Gasteiger partial charge in [0.2, 0.25) is 10.0 Å². The molecule has 0 saturated heterocycles. The SMILES string of the molecule is COC(=O)c1nn(-c2ccc(S(N)(=O)=O)cc2)c2c1CS(=O)c1ccccc1-2. The minimum atomic E-state index is -3.83. The zero-order valence-electron chi connectivity index (χ0n) is 14.7. The summed E-state index contributed by atoms with van der Waals surface area (Å²) < 4.78 is 42.0. The number of hydrogen-bond donors (Lipinski definition) is 1. The molecule has 4 rings (SSSR count). The third-order valence-electron chi connectivity index (χ3n) is 4.43. The lowest BCUT2D eigenvalue weighted by atomic mass is 10.1. The summed E-state index contributed by atoms with van der Waals surface area (Å²) >= 11 is 0. The molecule has 2 heterocycles. The molecule has 1 atom stereocenters. The second-order valence-electron chi connectivity index (χ2n) is 6.10. The molecule has 10 heteroatoms. The first-order valence-corrected chi connectivity index (χ1v) is 11.0. The number of rotatable bonds is 3. The van der Waals surface area contributed by atoms with Crippen LogP contribution in [0.1, 0.15) is 16.1 Å². The molecule has 0 fully saturated rings. The van der Waals surface area contributed by atoms with Gasteiger partial charge in [-0.15, -0.1) is 0 Å². The van der Waals surface area contributed by atoms with Gasteiger partial charge in [-0.1, -0.05) is 18.2 Å². The van der Waals surface area contributed by atoms with Crippen molar-refractivity contribution >= 4 is 26.8 Å². The maximum Gasteiger partial charge on any atom is 0.358 e. The summed E-state index contributed by atoms with van der Waals surface area (Å²) in [4.78, 5) is 12.9. The normalized spacial score (nSPS) is 15.6. The molecule has 1 unspecified atom stereocenters. The molecule has 0 aliphatic carbocycles. The summed E-state index contributed by atoms with van der Waals surface area (Å²) in [5.41, 5.74) is 2.45. The van der Waals surface area contributed by atoms with Crippen molar-refractivity contribution in [3.05, 3.63) is 59.8 Å². The predicted molar refractivity (Wildman–Crippen MR) is 102 cm³/mol. The first-order valence-electron chi connectivity index (χ1n) is 8.12. The smallest absolute Gasteiger partial charge is 0.358 e. The predicted octanol–water partition coefficient (Wildman–Crippen LogP) is 1.59. The Morgan fingerprint density at radius 2 is 1.86 bits per heavy atom. The molecule has 0 amide bonds. The van der Waals surface area contributed by atoms with Gasteiger partial charge >= 0.3 is 5.97 Å². The Hall–Kier alpha value is -2.82. The van der Waals surface area contributed by atoms with Crippen LogP contribution in [0.15, 0.2) is 58.3 Å². The van der Waals surface area contributed by atoms with Gasteiger partial charge in [-0.2, -0.15) is 5.10 Å². The lowest BCUT2D eigenvalue weighted by molar-refractivity contribution is 0.0592. The van der Waals surface area contributed by atoms with Crippen LogP contribution in [0, 0.1) is 0 Å². The van der Waals surface area contributed by atoms with E-state index in [1.807, 2.05) is 12.1 Å². The zero-order chi connectivity index (χ0) is 20.1. The Kier molecular flexibility index (Phi) is 4.41. The van der Waals surface area contributed by atoms with Gasteiger partial charge in [0.25, 0.3) is 0 Å². The van der Waals surface area contributed by atoms with Gasteiger partial charge < -0.3 is 4.74 Å². The van der Waals surface area contributed by atoms with Crippen molar-refractivity contribution in [2.24, 2.45) is 5.14 Å². The van der Waals surface area contributed by atoms with Gasteiger partial charge in [-0.25, -0.2) is 23.0 Å². The molecule has 3 aromatic rings. The van der Waals surface area contributed by atoms with Crippen LogP contribution >= 0.6 is 0 Å². The molecule has 28 heavy (non-hydrogen) atoms. The summed E-state index contributed by atoms with van der Waals surface area (Å²) in [5.74, 6) is -0.501. The standard InChI is InChI=1S/C18H15N3O5S2/c1-26-18(22)16-14-10-27(23)15-5-3-2-4-13(15)17(14)21(20-16)11-6-8-12(9-7-11)28(19,24)25/h2-9H,10H2,1H3,(H2,19,24,25). The Morgan fingerprint density at radius 3 is 2.50 bits per heavy atom. The number of methoxy groups -OCH3 is 1. The van der Waals surface area contributed by atoms with Crippen LogP contribution in [0.4, 0.5) is 0 Å². The average molecular weight is 417 g/mol. The van der Waals surface area contributed by atoms with Gasteiger partial charge in [0, 0.05) is 16.0 Å². The van der Waals surface area contributed by atoms with E-state index in [1.54, 1.807) is 24.3 Å². The number of benzene rings is 2. The molecule has 8 nitrogen and oxygen atoms in total. The van der Waals surface area contributed by atoms with Crippen molar-refractivity contribution in [2.75, 3.05) is 7.11 Å². The molecule has 0 radical (unpaired) electrons. The molecule has 144 valence electrons. The van der Waals surface area contributed by atoms with Crippen LogP contribution in [0.3, 0.4) is 0 Å². The van der Waals surface area contributed by atoms with Gasteiger partial charge in [0.1, 0.15) is 0 Å². The van der Waals surface area contributed by atoms with E-state index in [4.69, 9.17) is 9.88 Å². The van der Waals surface area contributed by atoms with E-state index in [0.717, 1.165) is 0 Å². The fraction of sp³-hybridized carbons (Fsp3) is 0.111. The fourth-order valence-electron chi connectivity index (χ4n) is 3.16. The number of fused-ring (bicyclic) bond motifs is 3. The quantitative estimate of drug-likeness (QED) is 0.646. The molecule has 2 N–H and O–H groups in total. The highest BCUT2D eigenvalue weighted by Crippen LogP contribution is 2.39. The number of ether oxygens (including phenoxy) is 1. The van der Waals surface area contributed by atoms with Crippen LogP contribution in [0.2, 0.25) is 0 Å². The van der Waals surface area contributed by atoms with Gasteiger partial charge in [-0.3, -0.25) is 4.21 Å². The van der Waals surface area contributed by atoms with Crippen molar-refractivity contribution < 1.29 is 22.2 Å². The molecule has 0 bridgehead atoms. The molecular formula is C18H15N3O5S2. The van der Waals surface area contributed by atoms with E-state index < -0.39 is 26.8 Å². The number of aromatic nitrogens is 2. The Bertz CT molecular complexity index is 1230. The van der Waals surface area contributed by atoms with Crippen molar-refractivity contribution in [3.8, 4) is 16.9 Å². The maximum atomic E-state index is 12.7. The van der Waals surface area contributed by atoms with Crippen LogP contribution in [-0.2, 0) is 31.3 Å².